The summed E-state index contributed by atoms with van der Waals surface area (Å²) in [6, 6.07) is 1.12. The van der Waals surface area contributed by atoms with Crippen molar-refractivity contribution in [3.05, 3.63) is 29.6 Å². The summed E-state index contributed by atoms with van der Waals surface area (Å²) in [5.41, 5.74) is 0. The number of sulfonamides is 1. The van der Waals surface area contributed by atoms with E-state index in [1.807, 2.05) is 4.72 Å². The first kappa shape index (κ1) is 13.9. The summed E-state index contributed by atoms with van der Waals surface area (Å²) < 4.78 is 63.4. The molecular weight excluding hydrogens is 259 g/mol. The number of halogens is 3. The Morgan fingerprint density at radius 1 is 1.29 bits per heavy atom. The van der Waals surface area contributed by atoms with Gasteiger partial charge in [-0.15, -0.1) is 0 Å². The number of nitrogens with one attached hydrogen (secondary N) is 1. The van der Waals surface area contributed by atoms with Crippen LogP contribution in [0.4, 0.5) is 13.2 Å². The van der Waals surface area contributed by atoms with E-state index in [0.717, 1.165) is 0 Å². The minimum atomic E-state index is -4.32. The maximum Gasteiger partial charge on any atom is 0.243 e. The summed E-state index contributed by atoms with van der Waals surface area (Å²) in [4.78, 5) is -1.00. The Kier molecular flexibility index (Phi) is 4.12. The monoisotopic (exact) mass is 269 g/mol. The number of aliphatic hydroxyl groups is 1. The standard InChI is InChI=1S/C9H10F3NO3S/c1-5(14)4-13-17(15,16)7-3-2-6(10)8(11)9(7)12/h2-3,5,13-14H,4H2,1H3/t5-/m1/s1. The van der Waals surface area contributed by atoms with E-state index in [0.29, 0.717) is 12.1 Å². The Bertz CT molecular complexity index is 516. The van der Waals surface area contributed by atoms with Gasteiger partial charge in [0, 0.05) is 6.54 Å². The molecular formula is C9H10F3NO3S. The van der Waals surface area contributed by atoms with Crippen LogP contribution >= 0.6 is 0 Å². The van der Waals surface area contributed by atoms with Gasteiger partial charge in [0.25, 0.3) is 0 Å². The zero-order valence-corrected chi connectivity index (χ0v) is 9.56. The van der Waals surface area contributed by atoms with Crippen LogP contribution in [0.25, 0.3) is 0 Å². The molecule has 1 rings (SSSR count). The van der Waals surface area contributed by atoms with Crippen molar-refractivity contribution in [3.63, 3.8) is 0 Å². The molecule has 4 nitrogen and oxygen atoms in total. The summed E-state index contributed by atoms with van der Waals surface area (Å²) >= 11 is 0. The van der Waals surface area contributed by atoms with E-state index in [1.165, 1.54) is 6.92 Å². The predicted octanol–water partition coefficient (Wildman–Crippen LogP) is 0.763. The molecule has 1 atom stereocenters. The predicted molar refractivity (Wildman–Crippen MR) is 53.2 cm³/mol. The molecule has 0 heterocycles. The first-order chi connectivity index (χ1) is 7.75. The van der Waals surface area contributed by atoms with Gasteiger partial charge in [0.15, 0.2) is 17.5 Å². The van der Waals surface area contributed by atoms with Crippen LogP contribution in [0.3, 0.4) is 0 Å². The maximum atomic E-state index is 13.2. The first-order valence-corrected chi connectivity index (χ1v) is 6.05. The molecule has 0 aliphatic carbocycles. The third-order valence-electron chi connectivity index (χ3n) is 1.86. The SMILES string of the molecule is C[C@@H](O)CNS(=O)(=O)c1ccc(F)c(F)c1F. The highest BCUT2D eigenvalue weighted by Crippen LogP contribution is 2.19. The minimum absolute atomic E-state index is 0.360. The van der Waals surface area contributed by atoms with Crippen LogP contribution in [0.15, 0.2) is 17.0 Å². The maximum absolute atomic E-state index is 13.2. The molecule has 1 aromatic carbocycles. The van der Waals surface area contributed by atoms with Crippen molar-refractivity contribution in [1.82, 2.24) is 4.72 Å². The van der Waals surface area contributed by atoms with Gasteiger partial charge in [0.1, 0.15) is 4.90 Å². The van der Waals surface area contributed by atoms with E-state index in [-0.39, 0.29) is 6.54 Å². The number of hydrogen-bond acceptors (Lipinski definition) is 3. The van der Waals surface area contributed by atoms with Crippen molar-refractivity contribution < 1.29 is 26.7 Å². The number of hydrogen-bond donors (Lipinski definition) is 2. The minimum Gasteiger partial charge on any atom is -0.392 e. The Hall–Kier alpha value is -1.12. The smallest absolute Gasteiger partial charge is 0.243 e. The van der Waals surface area contributed by atoms with Crippen molar-refractivity contribution in [2.24, 2.45) is 0 Å². The molecule has 0 fully saturated rings. The molecule has 8 heteroatoms. The van der Waals surface area contributed by atoms with E-state index >= 15 is 0 Å². The van der Waals surface area contributed by atoms with Crippen molar-refractivity contribution >= 4 is 10.0 Å². The average molecular weight is 269 g/mol. The molecule has 0 amide bonds. The first-order valence-electron chi connectivity index (χ1n) is 4.57. The number of rotatable bonds is 4. The second-order valence-corrected chi connectivity index (χ2v) is 5.11. The van der Waals surface area contributed by atoms with Crippen molar-refractivity contribution in [3.8, 4) is 0 Å². The normalized spacial score (nSPS) is 13.7. The highest BCUT2D eigenvalue weighted by Gasteiger charge is 2.23. The van der Waals surface area contributed by atoms with Crippen molar-refractivity contribution in [2.45, 2.75) is 17.9 Å². The van der Waals surface area contributed by atoms with Crippen LogP contribution in [0.5, 0.6) is 0 Å². The van der Waals surface area contributed by atoms with Gasteiger partial charge in [0.05, 0.1) is 6.10 Å². The lowest BCUT2D eigenvalue weighted by Gasteiger charge is -2.09. The van der Waals surface area contributed by atoms with E-state index in [1.54, 1.807) is 0 Å². The second kappa shape index (κ2) is 5.03. The summed E-state index contributed by atoms with van der Waals surface area (Å²) in [6.45, 7) is 0.949. The topological polar surface area (TPSA) is 66.4 Å². The Balaban J connectivity index is 3.12. The average Bonchev–Trinajstić information content (AvgIpc) is 2.23. The van der Waals surface area contributed by atoms with Gasteiger partial charge < -0.3 is 5.11 Å². The molecule has 0 aromatic heterocycles. The van der Waals surface area contributed by atoms with E-state index < -0.39 is 38.5 Å². The van der Waals surface area contributed by atoms with Crippen LogP contribution in [0.2, 0.25) is 0 Å². The third-order valence-corrected chi connectivity index (χ3v) is 3.30. The highest BCUT2D eigenvalue weighted by atomic mass is 32.2. The highest BCUT2D eigenvalue weighted by molar-refractivity contribution is 7.89. The molecule has 0 unspecified atom stereocenters. The zero-order valence-electron chi connectivity index (χ0n) is 8.75. The summed E-state index contributed by atoms with van der Waals surface area (Å²) in [5.74, 6) is -5.12. The molecule has 0 spiro atoms. The molecule has 0 radical (unpaired) electrons. The van der Waals surface area contributed by atoms with Gasteiger partial charge in [-0.05, 0) is 19.1 Å². The molecule has 0 aliphatic heterocycles. The van der Waals surface area contributed by atoms with Crippen LogP contribution in [-0.4, -0.2) is 26.2 Å². The zero-order chi connectivity index (χ0) is 13.2. The molecule has 0 aliphatic rings. The Labute approximate surface area is 96.1 Å². The second-order valence-electron chi connectivity index (χ2n) is 3.37. The molecule has 0 bridgehead atoms. The summed E-state index contributed by atoms with van der Waals surface area (Å²) in [7, 11) is -4.32. The summed E-state index contributed by atoms with van der Waals surface area (Å²) in [5, 5.41) is 8.88. The molecule has 0 saturated heterocycles. The quantitative estimate of drug-likeness (QED) is 0.793. The number of benzene rings is 1. The Morgan fingerprint density at radius 3 is 2.41 bits per heavy atom. The lowest BCUT2D eigenvalue weighted by molar-refractivity contribution is 0.198. The van der Waals surface area contributed by atoms with Gasteiger partial charge in [-0.25, -0.2) is 26.3 Å². The molecule has 1 aromatic rings. The largest absolute Gasteiger partial charge is 0.392 e. The van der Waals surface area contributed by atoms with E-state index in [4.69, 9.17) is 5.11 Å². The summed E-state index contributed by atoms with van der Waals surface area (Å²) in [6.07, 6.45) is -0.988. The fourth-order valence-corrected chi connectivity index (χ4v) is 2.21. The molecule has 2 N–H and O–H groups in total. The lowest BCUT2D eigenvalue weighted by Crippen LogP contribution is -2.31. The Morgan fingerprint density at radius 2 is 1.88 bits per heavy atom. The van der Waals surface area contributed by atoms with Gasteiger partial charge >= 0.3 is 0 Å². The van der Waals surface area contributed by atoms with Gasteiger partial charge in [-0.1, -0.05) is 0 Å². The van der Waals surface area contributed by atoms with Gasteiger partial charge in [0.2, 0.25) is 10.0 Å². The van der Waals surface area contributed by atoms with Gasteiger partial charge in [-0.3, -0.25) is 0 Å². The molecule has 0 saturated carbocycles. The van der Waals surface area contributed by atoms with Crippen molar-refractivity contribution in [2.75, 3.05) is 6.54 Å². The van der Waals surface area contributed by atoms with Crippen molar-refractivity contribution in [1.29, 1.82) is 0 Å². The van der Waals surface area contributed by atoms with E-state index in [2.05, 4.69) is 0 Å². The lowest BCUT2D eigenvalue weighted by atomic mass is 10.3. The van der Waals surface area contributed by atoms with Gasteiger partial charge in [-0.2, -0.15) is 0 Å². The van der Waals surface area contributed by atoms with E-state index in [9.17, 15) is 21.6 Å². The van der Waals surface area contributed by atoms with Crippen LogP contribution in [-0.2, 0) is 10.0 Å². The number of aliphatic hydroxyl groups excluding tert-OH is 1. The van der Waals surface area contributed by atoms with Crippen LogP contribution < -0.4 is 4.72 Å². The van der Waals surface area contributed by atoms with Crippen LogP contribution in [0, 0.1) is 17.5 Å². The fraction of sp³-hybridized carbons (Fsp3) is 0.333. The third kappa shape index (κ3) is 3.18. The molecule has 96 valence electrons. The molecule has 17 heavy (non-hydrogen) atoms. The van der Waals surface area contributed by atoms with Crippen LogP contribution in [0.1, 0.15) is 6.92 Å². The fourth-order valence-electron chi connectivity index (χ4n) is 1.02.